The second kappa shape index (κ2) is 8.04. The number of methoxy groups -OCH3 is 1. The van der Waals surface area contributed by atoms with Crippen molar-refractivity contribution in [1.82, 2.24) is 4.98 Å². The van der Waals surface area contributed by atoms with Crippen LogP contribution in [0.1, 0.15) is 17.0 Å². The number of aromatic nitrogens is 1. The van der Waals surface area contributed by atoms with E-state index < -0.39 is 5.92 Å². The molecule has 0 aliphatic rings. The average Bonchev–Trinajstić information content (AvgIpc) is 2.57. The van der Waals surface area contributed by atoms with Gasteiger partial charge in [0.05, 0.1) is 23.1 Å². The van der Waals surface area contributed by atoms with Crippen LogP contribution in [0.25, 0.3) is 0 Å². The van der Waals surface area contributed by atoms with Gasteiger partial charge in [-0.1, -0.05) is 41.9 Å². The van der Waals surface area contributed by atoms with Gasteiger partial charge in [-0.2, -0.15) is 0 Å². The fourth-order valence-corrected chi connectivity index (χ4v) is 2.88. The topological polar surface area (TPSA) is 68.7 Å². The van der Waals surface area contributed by atoms with Crippen LogP contribution in [0.3, 0.4) is 0 Å². The Labute approximate surface area is 149 Å². The second-order valence-corrected chi connectivity index (χ2v) is 5.58. The van der Waals surface area contributed by atoms with Crippen molar-refractivity contribution in [3.05, 3.63) is 58.4 Å². The summed E-state index contributed by atoms with van der Waals surface area (Å²) in [6.45, 7) is 3.72. The molecule has 0 saturated heterocycles. The molecule has 1 unspecified atom stereocenters. The Kier molecular flexibility index (Phi) is 6.06. The maximum absolute atomic E-state index is 11.7. The summed E-state index contributed by atoms with van der Waals surface area (Å²) in [6, 6.07) is 3.15. The number of carbonyl (C=O) groups is 1. The van der Waals surface area contributed by atoms with Crippen molar-refractivity contribution in [2.75, 3.05) is 13.7 Å². The smallest absolute Gasteiger partial charge is 0.203 e. The molecule has 0 aliphatic heterocycles. The summed E-state index contributed by atoms with van der Waals surface area (Å²) >= 11 is 12.3. The van der Waals surface area contributed by atoms with Crippen LogP contribution in [-0.4, -0.2) is 30.1 Å². The molecule has 2 aromatic rings. The molecule has 1 aromatic carbocycles. The maximum Gasteiger partial charge on any atom is 0.203 e. The number of benzene rings is 1. The van der Waals surface area contributed by atoms with Crippen molar-refractivity contribution < 1.29 is 19.4 Å². The molecule has 1 heterocycles. The molecule has 1 N–H and O–H groups in total. The third-order valence-electron chi connectivity index (χ3n) is 3.36. The van der Waals surface area contributed by atoms with Gasteiger partial charge in [0.1, 0.15) is 12.9 Å². The minimum Gasteiger partial charge on any atom is -0.504 e. The Morgan fingerprint density at radius 3 is 2.54 bits per heavy atom. The normalized spacial score (nSPS) is 11.6. The molecule has 7 heteroatoms. The highest BCUT2D eigenvalue weighted by Gasteiger charge is 2.26. The molecule has 24 heavy (non-hydrogen) atoms. The van der Waals surface area contributed by atoms with Crippen LogP contribution in [0.5, 0.6) is 17.2 Å². The molecule has 0 fully saturated rings. The Morgan fingerprint density at radius 1 is 1.33 bits per heavy atom. The first-order valence-electron chi connectivity index (χ1n) is 6.92. The van der Waals surface area contributed by atoms with Crippen molar-refractivity contribution in [3.63, 3.8) is 0 Å². The molecule has 1 aromatic heterocycles. The molecule has 0 saturated carbocycles. The summed E-state index contributed by atoms with van der Waals surface area (Å²) < 4.78 is 10.6. The highest BCUT2D eigenvalue weighted by atomic mass is 35.5. The fraction of sp³-hybridized carbons (Fsp3) is 0.176. The first kappa shape index (κ1) is 18.1. The first-order valence-corrected chi connectivity index (χ1v) is 7.68. The molecule has 0 radical (unpaired) electrons. The van der Waals surface area contributed by atoms with E-state index in [0.717, 1.165) is 0 Å². The molecule has 0 spiro atoms. The predicted octanol–water partition coefficient (Wildman–Crippen LogP) is 4.00. The summed E-state index contributed by atoms with van der Waals surface area (Å²) in [5.74, 6) is -0.667. The summed E-state index contributed by atoms with van der Waals surface area (Å²) in [5, 5.41) is 11.0. The number of halogens is 2. The molecule has 0 aliphatic carbocycles. The van der Waals surface area contributed by atoms with E-state index in [-0.39, 0.29) is 28.2 Å². The first-order chi connectivity index (χ1) is 11.5. The summed E-state index contributed by atoms with van der Waals surface area (Å²) in [4.78, 5) is 15.6. The number of hydrogen-bond donors (Lipinski definition) is 1. The Hall–Kier alpha value is -2.24. The lowest BCUT2D eigenvalue weighted by Gasteiger charge is -2.19. The summed E-state index contributed by atoms with van der Waals surface area (Å²) in [5.41, 5.74) is 0.651. The molecular formula is C17H15Cl2NO4. The third kappa shape index (κ3) is 3.47. The number of phenolic OH excluding ortho intramolecular Hbond substituents is 1. The number of aldehydes is 1. The predicted molar refractivity (Wildman–Crippen MR) is 92.5 cm³/mol. The molecule has 0 bridgehead atoms. The van der Waals surface area contributed by atoms with Gasteiger partial charge < -0.3 is 19.4 Å². The van der Waals surface area contributed by atoms with Gasteiger partial charge in [-0.05, 0) is 6.07 Å². The average molecular weight is 368 g/mol. The monoisotopic (exact) mass is 367 g/mol. The van der Waals surface area contributed by atoms with Crippen LogP contribution in [0.15, 0.2) is 37.2 Å². The van der Waals surface area contributed by atoms with Gasteiger partial charge in [0.2, 0.25) is 5.75 Å². The van der Waals surface area contributed by atoms with E-state index in [0.29, 0.717) is 23.2 Å². The van der Waals surface area contributed by atoms with Gasteiger partial charge in [-0.3, -0.25) is 4.98 Å². The molecule has 2 rings (SSSR count). The number of ether oxygens (including phenoxy) is 2. The number of phenols is 1. The molecule has 5 nitrogen and oxygen atoms in total. The zero-order chi connectivity index (χ0) is 17.7. The second-order valence-electron chi connectivity index (χ2n) is 4.77. The van der Waals surface area contributed by atoms with Crippen LogP contribution in [0.4, 0.5) is 0 Å². The van der Waals surface area contributed by atoms with E-state index in [2.05, 4.69) is 11.6 Å². The Morgan fingerprint density at radius 2 is 2.00 bits per heavy atom. The van der Waals surface area contributed by atoms with Gasteiger partial charge in [0, 0.05) is 23.5 Å². The van der Waals surface area contributed by atoms with E-state index in [4.69, 9.17) is 32.7 Å². The number of pyridine rings is 1. The Bertz CT molecular complexity index is 744. The van der Waals surface area contributed by atoms with E-state index in [1.165, 1.54) is 25.6 Å². The van der Waals surface area contributed by atoms with Crippen LogP contribution in [-0.2, 0) is 4.79 Å². The van der Waals surface area contributed by atoms with Gasteiger partial charge in [-0.25, -0.2) is 0 Å². The fourth-order valence-electron chi connectivity index (χ4n) is 2.28. The zero-order valence-corrected chi connectivity index (χ0v) is 14.3. The minimum absolute atomic E-state index is 0.114. The standard InChI is InChI=1S/C17H15Cl2NO4/c1-3-6-24-17-14(23-2)5-4-10(16(17)22)11(9-21)15-12(18)7-20-8-13(15)19/h3-5,7-9,11,22H,1,6H2,2H3. The largest absolute Gasteiger partial charge is 0.504 e. The van der Waals surface area contributed by atoms with Crippen LogP contribution < -0.4 is 9.47 Å². The molecule has 0 amide bonds. The lowest BCUT2D eigenvalue weighted by atomic mass is 9.92. The number of carbonyl (C=O) groups excluding carboxylic acids is 1. The van der Waals surface area contributed by atoms with Crippen molar-refractivity contribution in [1.29, 1.82) is 0 Å². The summed E-state index contributed by atoms with van der Waals surface area (Å²) in [6.07, 6.45) is 4.94. The third-order valence-corrected chi connectivity index (χ3v) is 3.97. The van der Waals surface area contributed by atoms with Crippen molar-refractivity contribution in [2.45, 2.75) is 5.92 Å². The highest BCUT2D eigenvalue weighted by Crippen LogP contribution is 2.45. The molecule has 1 atom stereocenters. The van der Waals surface area contributed by atoms with Crippen LogP contribution >= 0.6 is 23.2 Å². The number of nitrogens with zero attached hydrogens (tertiary/aromatic N) is 1. The van der Waals surface area contributed by atoms with E-state index >= 15 is 0 Å². The van der Waals surface area contributed by atoms with Gasteiger partial charge >= 0.3 is 0 Å². The van der Waals surface area contributed by atoms with E-state index in [1.807, 2.05) is 0 Å². The number of rotatable bonds is 7. The van der Waals surface area contributed by atoms with E-state index in [9.17, 15) is 9.90 Å². The zero-order valence-electron chi connectivity index (χ0n) is 12.8. The van der Waals surface area contributed by atoms with E-state index in [1.54, 1.807) is 12.1 Å². The van der Waals surface area contributed by atoms with Crippen molar-refractivity contribution >= 4 is 29.5 Å². The highest BCUT2D eigenvalue weighted by molar-refractivity contribution is 6.36. The van der Waals surface area contributed by atoms with Gasteiger partial charge in [-0.15, -0.1) is 0 Å². The number of aromatic hydroxyl groups is 1. The van der Waals surface area contributed by atoms with Gasteiger partial charge in [0.25, 0.3) is 0 Å². The minimum atomic E-state index is -0.884. The molecular weight excluding hydrogens is 353 g/mol. The van der Waals surface area contributed by atoms with Crippen LogP contribution in [0, 0.1) is 0 Å². The lowest BCUT2D eigenvalue weighted by molar-refractivity contribution is -0.108. The van der Waals surface area contributed by atoms with Crippen molar-refractivity contribution in [2.24, 2.45) is 0 Å². The quantitative estimate of drug-likeness (QED) is 0.591. The Balaban J connectivity index is 2.61. The maximum atomic E-state index is 11.7. The number of hydrogen-bond acceptors (Lipinski definition) is 5. The van der Waals surface area contributed by atoms with Crippen molar-refractivity contribution in [3.8, 4) is 17.2 Å². The lowest BCUT2D eigenvalue weighted by Crippen LogP contribution is -2.07. The van der Waals surface area contributed by atoms with Crippen LogP contribution in [0.2, 0.25) is 10.0 Å². The van der Waals surface area contributed by atoms with Gasteiger partial charge in [0.15, 0.2) is 11.5 Å². The summed E-state index contributed by atoms with van der Waals surface area (Å²) in [7, 11) is 1.45. The SMILES string of the molecule is C=CCOc1c(OC)ccc(C(C=O)c2c(Cl)cncc2Cl)c1O. The molecule has 126 valence electrons.